The van der Waals surface area contributed by atoms with Crippen LogP contribution in [0.4, 0.5) is 5.82 Å². The number of fused-ring (bicyclic) bond motifs is 1. The minimum Gasteiger partial charge on any atom is -0.497 e. The molecule has 0 aliphatic heterocycles. The zero-order valence-electron chi connectivity index (χ0n) is 18.6. The molecule has 0 unspecified atom stereocenters. The van der Waals surface area contributed by atoms with Crippen molar-refractivity contribution in [2.24, 2.45) is 0 Å². The fourth-order valence-corrected chi connectivity index (χ4v) is 3.59. The van der Waals surface area contributed by atoms with Gasteiger partial charge < -0.3 is 10.1 Å². The van der Waals surface area contributed by atoms with E-state index in [0.29, 0.717) is 18.2 Å². The highest BCUT2D eigenvalue weighted by Gasteiger charge is 2.18. The van der Waals surface area contributed by atoms with Crippen molar-refractivity contribution in [1.82, 2.24) is 34.7 Å². The zero-order valence-corrected chi connectivity index (χ0v) is 18.6. The zero-order chi connectivity index (χ0) is 22.0. The van der Waals surface area contributed by atoms with Crippen LogP contribution in [0.3, 0.4) is 0 Å². The fraction of sp³-hybridized carbons (Fsp3) is 0.364. The maximum absolute atomic E-state index is 5.34. The molecule has 0 saturated heterocycles. The minimum absolute atomic E-state index is 0.660. The van der Waals surface area contributed by atoms with Crippen LogP contribution in [0.25, 0.3) is 16.7 Å². The molecule has 3 heterocycles. The number of methoxy groups -OCH3 is 1. The van der Waals surface area contributed by atoms with E-state index in [1.807, 2.05) is 54.5 Å². The molecule has 3 aromatic heterocycles. The Bertz CT molecular complexity index is 1210. The van der Waals surface area contributed by atoms with Gasteiger partial charge in [0, 0.05) is 12.4 Å². The Balaban J connectivity index is 1.77. The molecular formula is C22H28N8O. The second-order valence-electron chi connectivity index (χ2n) is 7.47. The molecule has 0 aliphatic carbocycles. The van der Waals surface area contributed by atoms with Gasteiger partial charge in [0.05, 0.1) is 30.4 Å². The normalized spacial score (nSPS) is 11.3. The number of anilines is 1. The number of ether oxygens (including phenoxy) is 1. The second-order valence-corrected chi connectivity index (χ2v) is 7.47. The molecule has 0 fully saturated rings. The molecule has 2 N–H and O–H groups in total. The van der Waals surface area contributed by atoms with Gasteiger partial charge in [0.25, 0.3) is 0 Å². The van der Waals surface area contributed by atoms with E-state index in [9.17, 15) is 0 Å². The molecule has 0 amide bonds. The van der Waals surface area contributed by atoms with Crippen molar-refractivity contribution < 1.29 is 4.74 Å². The summed E-state index contributed by atoms with van der Waals surface area (Å²) >= 11 is 0. The van der Waals surface area contributed by atoms with E-state index in [-0.39, 0.29) is 0 Å². The van der Waals surface area contributed by atoms with Gasteiger partial charge in [0.1, 0.15) is 17.4 Å². The number of benzene rings is 1. The number of imidazole rings is 1. The van der Waals surface area contributed by atoms with Crippen LogP contribution in [-0.4, -0.2) is 43.1 Å². The van der Waals surface area contributed by atoms with Crippen molar-refractivity contribution in [3.8, 4) is 11.4 Å². The molecule has 0 spiro atoms. The molecule has 9 nitrogen and oxygen atoms in total. The van der Waals surface area contributed by atoms with Gasteiger partial charge in [0.2, 0.25) is 0 Å². The smallest absolute Gasteiger partial charge is 0.169 e. The third-order valence-electron chi connectivity index (χ3n) is 5.10. The summed E-state index contributed by atoms with van der Waals surface area (Å²) in [5.74, 6) is 3.06. The Morgan fingerprint density at radius 1 is 1.13 bits per heavy atom. The summed E-state index contributed by atoms with van der Waals surface area (Å²) < 4.78 is 9.10. The SMILES string of the molecule is CCCNCc1nccn1Nc1nc(C)nc2c1c(C)nn2-c1ccc(OC)cc1C. The van der Waals surface area contributed by atoms with Crippen LogP contribution in [0.2, 0.25) is 0 Å². The molecule has 162 valence electrons. The molecule has 4 aromatic rings. The monoisotopic (exact) mass is 420 g/mol. The van der Waals surface area contributed by atoms with Crippen LogP contribution >= 0.6 is 0 Å². The van der Waals surface area contributed by atoms with Gasteiger partial charge in [0.15, 0.2) is 11.5 Å². The number of nitrogens with zero attached hydrogens (tertiary/aromatic N) is 6. The van der Waals surface area contributed by atoms with Crippen LogP contribution in [0, 0.1) is 20.8 Å². The van der Waals surface area contributed by atoms with Gasteiger partial charge in [-0.2, -0.15) is 5.10 Å². The molecule has 0 atom stereocenters. The summed E-state index contributed by atoms with van der Waals surface area (Å²) in [5.41, 5.74) is 7.00. The van der Waals surface area contributed by atoms with Crippen LogP contribution in [0.15, 0.2) is 30.6 Å². The highest BCUT2D eigenvalue weighted by molar-refractivity contribution is 5.90. The first-order chi connectivity index (χ1) is 15.0. The van der Waals surface area contributed by atoms with Gasteiger partial charge in [-0.3, -0.25) is 5.43 Å². The molecule has 31 heavy (non-hydrogen) atoms. The van der Waals surface area contributed by atoms with Crippen LogP contribution in [-0.2, 0) is 6.54 Å². The molecule has 1 aromatic carbocycles. The first kappa shape index (κ1) is 20.8. The van der Waals surface area contributed by atoms with Crippen molar-refractivity contribution >= 4 is 16.9 Å². The summed E-state index contributed by atoms with van der Waals surface area (Å²) in [4.78, 5) is 13.8. The summed E-state index contributed by atoms with van der Waals surface area (Å²) in [6, 6.07) is 5.92. The Hall–Kier alpha value is -3.46. The Kier molecular flexibility index (Phi) is 5.85. The van der Waals surface area contributed by atoms with Gasteiger partial charge in [-0.15, -0.1) is 0 Å². The number of aromatic nitrogens is 6. The van der Waals surface area contributed by atoms with E-state index in [0.717, 1.165) is 52.5 Å². The van der Waals surface area contributed by atoms with E-state index in [1.54, 1.807) is 13.3 Å². The first-order valence-electron chi connectivity index (χ1n) is 10.4. The summed E-state index contributed by atoms with van der Waals surface area (Å²) in [7, 11) is 1.67. The highest BCUT2D eigenvalue weighted by atomic mass is 16.5. The third kappa shape index (κ3) is 4.09. The summed E-state index contributed by atoms with van der Waals surface area (Å²) in [6.07, 6.45) is 4.74. The fourth-order valence-electron chi connectivity index (χ4n) is 3.59. The lowest BCUT2D eigenvalue weighted by Crippen LogP contribution is -2.21. The summed E-state index contributed by atoms with van der Waals surface area (Å²) in [6.45, 7) is 9.65. The predicted octanol–water partition coefficient (Wildman–Crippen LogP) is 3.32. The van der Waals surface area contributed by atoms with Crippen LogP contribution in [0.1, 0.15) is 36.3 Å². The predicted molar refractivity (Wildman–Crippen MR) is 121 cm³/mol. The molecule has 0 saturated carbocycles. The summed E-state index contributed by atoms with van der Waals surface area (Å²) in [5, 5.41) is 9.05. The maximum atomic E-state index is 5.34. The number of rotatable bonds is 8. The average molecular weight is 421 g/mol. The minimum atomic E-state index is 0.660. The van der Waals surface area contributed by atoms with Gasteiger partial charge in [-0.05, 0) is 57.5 Å². The number of hydrogen-bond acceptors (Lipinski definition) is 7. The molecule has 0 aliphatic rings. The highest BCUT2D eigenvalue weighted by Crippen LogP contribution is 2.28. The lowest BCUT2D eigenvalue weighted by molar-refractivity contribution is 0.414. The topological polar surface area (TPSA) is 94.7 Å². The standard InChI is InChI=1S/C22H28N8O/c1-6-9-23-13-19-24-10-11-29(19)28-21-20-15(3)27-30(22(20)26-16(4)25-21)18-8-7-17(31-5)12-14(18)2/h7-8,10-12,23H,6,9,13H2,1-5H3,(H,25,26,28). The van der Waals surface area contributed by atoms with E-state index in [4.69, 9.17) is 14.8 Å². The van der Waals surface area contributed by atoms with Crippen LogP contribution < -0.4 is 15.5 Å². The van der Waals surface area contributed by atoms with E-state index in [2.05, 4.69) is 27.6 Å². The molecule has 4 rings (SSSR count). The number of hydrogen-bond donors (Lipinski definition) is 2. The van der Waals surface area contributed by atoms with Crippen molar-refractivity contribution in [2.75, 3.05) is 19.1 Å². The Morgan fingerprint density at radius 2 is 1.97 bits per heavy atom. The molecule has 0 bridgehead atoms. The van der Waals surface area contributed by atoms with Crippen LogP contribution in [0.5, 0.6) is 5.75 Å². The van der Waals surface area contributed by atoms with Gasteiger partial charge in [-0.25, -0.2) is 24.3 Å². The largest absolute Gasteiger partial charge is 0.497 e. The van der Waals surface area contributed by atoms with E-state index < -0.39 is 0 Å². The van der Waals surface area contributed by atoms with E-state index >= 15 is 0 Å². The third-order valence-corrected chi connectivity index (χ3v) is 5.10. The Morgan fingerprint density at radius 3 is 2.71 bits per heavy atom. The lowest BCUT2D eigenvalue weighted by Gasteiger charge is -2.13. The molecule has 0 radical (unpaired) electrons. The van der Waals surface area contributed by atoms with Gasteiger partial charge >= 0.3 is 0 Å². The van der Waals surface area contributed by atoms with Crippen molar-refractivity contribution in [1.29, 1.82) is 0 Å². The first-order valence-corrected chi connectivity index (χ1v) is 10.4. The second kappa shape index (κ2) is 8.73. The van der Waals surface area contributed by atoms with Crippen molar-refractivity contribution in [3.63, 3.8) is 0 Å². The quantitative estimate of drug-likeness (QED) is 0.422. The van der Waals surface area contributed by atoms with Crippen molar-refractivity contribution in [3.05, 3.63) is 53.5 Å². The van der Waals surface area contributed by atoms with Crippen molar-refractivity contribution in [2.45, 2.75) is 40.7 Å². The lowest BCUT2D eigenvalue weighted by atomic mass is 10.2. The Labute approximate surface area is 181 Å². The average Bonchev–Trinajstić information content (AvgIpc) is 3.32. The molecule has 9 heteroatoms. The number of aryl methyl sites for hydroxylation is 3. The van der Waals surface area contributed by atoms with E-state index in [1.165, 1.54) is 0 Å². The van der Waals surface area contributed by atoms with Gasteiger partial charge in [-0.1, -0.05) is 6.92 Å². The maximum Gasteiger partial charge on any atom is 0.169 e. The number of nitrogens with one attached hydrogen (secondary N) is 2. The molecular weight excluding hydrogens is 392 g/mol.